The molecule has 0 aliphatic heterocycles. The number of hydrogen-bond acceptors (Lipinski definition) is 3. The molecular weight excluding hydrogens is 156 g/mol. The molecule has 1 aromatic rings. The fourth-order valence-corrected chi connectivity index (χ4v) is 1.23. The summed E-state index contributed by atoms with van der Waals surface area (Å²) in [6.45, 7) is 4.33. The van der Waals surface area contributed by atoms with Crippen LogP contribution in [0.5, 0.6) is 0 Å². The number of hydrogen-bond donors (Lipinski definition) is 2. The first-order valence-electron chi connectivity index (χ1n) is 3.70. The lowest BCUT2D eigenvalue weighted by atomic mass is 10.4. The molecule has 66 valence electrons. The van der Waals surface area contributed by atoms with E-state index in [-0.39, 0.29) is 5.82 Å². The van der Waals surface area contributed by atoms with Gasteiger partial charge in [0.05, 0.1) is 0 Å². The van der Waals surface area contributed by atoms with Crippen LogP contribution in [0, 0.1) is 6.92 Å². The normalized spacial score (nSPS) is 10.2. The summed E-state index contributed by atoms with van der Waals surface area (Å²) in [5.41, 5.74) is 10.9. The first-order chi connectivity index (χ1) is 5.57. The predicted octanol–water partition coefficient (Wildman–Crippen LogP) is -0.107. The second-order valence-corrected chi connectivity index (χ2v) is 2.50. The maximum Gasteiger partial charge on any atom is 0.269 e. The first-order valence-corrected chi connectivity index (χ1v) is 3.70. The molecular formula is C7H12N4O. The number of nitrogens with zero attached hydrogens (tertiary/aromatic N) is 2. The maximum atomic E-state index is 10.9. The second-order valence-electron chi connectivity index (χ2n) is 2.50. The molecule has 12 heavy (non-hydrogen) atoms. The molecule has 0 fully saturated rings. The van der Waals surface area contributed by atoms with Crippen molar-refractivity contribution in [3.05, 3.63) is 11.5 Å². The van der Waals surface area contributed by atoms with Crippen molar-refractivity contribution in [3.63, 3.8) is 0 Å². The summed E-state index contributed by atoms with van der Waals surface area (Å²) in [4.78, 5) is 14.8. The molecule has 0 aromatic carbocycles. The van der Waals surface area contributed by atoms with Crippen LogP contribution < -0.4 is 11.5 Å². The Kier molecular flexibility index (Phi) is 2.03. The van der Waals surface area contributed by atoms with Crippen LogP contribution in [0.4, 0.5) is 5.82 Å². The maximum absolute atomic E-state index is 10.9. The molecule has 1 aromatic heterocycles. The van der Waals surface area contributed by atoms with Gasteiger partial charge in [-0.25, -0.2) is 4.98 Å². The molecule has 5 heteroatoms. The lowest BCUT2D eigenvalue weighted by Crippen LogP contribution is -2.18. The molecule has 1 rings (SSSR count). The second kappa shape index (κ2) is 2.84. The van der Waals surface area contributed by atoms with E-state index in [9.17, 15) is 4.79 Å². The highest BCUT2D eigenvalue weighted by atomic mass is 16.1. The van der Waals surface area contributed by atoms with Crippen molar-refractivity contribution in [1.82, 2.24) is 9.55 Å². The zero-order valence-corrected chi connectivity index (χ0v) is 7.16. The van der Waals surface area contributed by atoms with E-state index in [2.05, 4.69) is 4.98 Å². The van der Waals surface area contributed by atoms with E-state index < -0.39 is 5.91 Å². The standard InChI is InChI=1S/C7H12N4O/c1-3-11-4(2)10-6(8)5(11)7(9)12/h3,8H2,1-2H3,(H2,9,12). The van der Waals surface area contributed by atoms with Crippen molar-refractivity contribution in [2.75, 3.05) is 5.73 Å². The van der Waals surface area contributed by atoms with E-state index >= 15 is 0 Å². The van der Waals surface area contributed by atoms with E-state index in [1.54, 1.807) is 11.5 Å². The van der Waals surface area contributed by atoms with Gasteiger partial charge in [-0.1, -0.05) is 0 Å². The monoisotopic (exact) mass is 168 g/mol. The summed E-state index contributed by atoms with van der Waals surface area (Å²) in [5, 5.41) is 0. The van der Waals surface area contributed by atoms with Crippen LogP contribution in [-0.2, 0) is 6.54 Å². The molecule has 0 saturated heterocycles. The van der Waals surface area contributed by atoms with Crippen molar-refractivity contribution < 1.29 is 4.79 Å². The highest BCUT2D eigenvalue weighted by molar-refractivity contribution is 5.95. The molecule has 0 aliphatic rings. The molecule has 5 nitrogen and oxygen atoms in total. The number of carbonyl (C=O) groups is 1. The van der Waals surface area contributed by atoms with Gasteiger partial charge in [0.2, 0.25) is 0 Å². The molecule has 0 spiro atoms. The molecule has 0 radical (unpaired) electrons. The summed E-state index contributed by atoms with van der Waals surface area (Å²) in [6, 6.07) is 0. The number of nitrogens with two attached hydrogens (primary N) is 2. The fraction of sp³-hybridized carbons (Fsp3) is 0.429. The smallest absolute Gasteiger partial charge is 0.269 e. The number of primary amides is 1. The number of rotatable bonds is 2. The number of anilines is 1. The van der Waals surface area contributed by atoms with E-state index in [0.29, 0.717) is 18.1 Å². The molecule has 0 saturated carbocycles. The quantitative estimate of drug-likeness (QED) is 0.646. The van der Waals surface area contributed by atoms with Gasteiger partial charge in [0, 0.05) is 6.54 Å². The highest BCUT2D eigenvalue weighted by Gasteiger charge is 2.15. The molecule has 0 aliphatic carbocycles. The van der Waals surface area contributed by atoms with E-state index in [1.807, 2.05) is 6.92 Å². The van der Waals surface area contributed by atoms with Gasteiger partial charge in [-0.3, -0.25) is 4.79 Å². The highest BCUT2D eigenvalue weighted by Crippen LogP contribution is 2.12. The number of amides is 1. The van der Waals surface area contributed by atoms with Gasteiger partial charge in [-0.15, -0.1) is 0 Å². The Morgan fingerprint density at radius 3 is 2.58 bits per heavy atom. The number of imidazole rings is 1. The number of aryl methyl sites for hydroxylation is 1. The minimum absolute atomic E-state index is 0.210. The third kappa shape index (κ3) is 1.13. The van der Waals surface area contributed by atoms with Crippen molar-refractivity contribution >= 4 is 11.7 Å². The summed E-state index contributed by atoms with van der Waals surface area (Å²) in [5.74, 6) is 0.389. The van der Waals surface area contributed by atoms with Gasteiger partial charge < -0.3 is 16.0 Å². The molecule has 0 atom stereocenters. The predicted molar refractivity (Wildman–Crippen MR) is 45.6 cm³/mol. The summed E-state index contributed by atoms with van der Waals surface area (Å²) in [6.07, 6.45) is 0. The number of carbonyl (C=O) groups excluding carboxylic acids is 1. The van der Waals surface area contributed by atoms with Gasteiger partial charge in [-0.2, -0.15) is 0 Å². The Morgan fingerprint density at radius 1 is 1.67 bits per heavy atom. The van der Waals surface area contributed by atoms with Gasteiger partial charge in [0.15, 0.2) is 11.5 Å². The van der Waals surface area contributed by atoms with Crippen LogP contribution in [0.2, 0.25) is 0 Å². The van der Waals surface area contributed by atoms with E-state index in [1.165, 1.54) is 0 Å². The molecule has 0 bridgehead atoms. The third-order valence-electron chi connectivity index (χ3n) is 1.74. The Bertz CT molecular complexity index is 315. The van der Waals surface area contributed by atoms with E-state index in [0.717, 1.165) is 0 Å². The van der Waals surface area contributed by atoms with Crippen LogP contribution in [0.25, 0.3) is 0 Å². The van der Waals surface area contributed by atoms with Gasteiger partial charge in [0.25, 0.3) is 5.91 Å². The van der Waals surface area contributed by atoms with Crippen LogP contribution in [0.15, 0.2) is 0 Å². The van der Waals surface area contributed by atoms with Gasteiger partial charge in [0.1, 0.15) is 5.82 Å². The molecule has 4 N–H and O–H groups in total. The average Bonchev–Trinajstić information content (AvgIpc) is 2.24. The Labute approximate surface area is 70.4 Å². The zero-order chi connectivity index (χ0) is 9.30. The minimum atomic E-state index is -0.532. The number of aromatic nitrogens is 2. The number of nitrogen functional groups attached to an aromatic ring is 1. The van der Waals surface area contributed by atoms with Crippen molar-refractivity contribution in [2.24, 2.45) is 5.73 Å². The van der Waals surface area contributed by atoms with Crippen LogP contribution in [0.3, 0.4) is 0 Å². The van der Waals surface area contributed by atoms with Crippen LogP contribution in [0.1, 0.15) is 23.2 Å². The average molecular weight is 168 g/mol. The fourth-order valence-electron chi connectivity index (χ4n) is 1.23. The van der Waals surface area contributed by atoms with Crippen LogP contribution in [-0.4, -0.2) is 15.5 Å². The van der Waals surface area contributed by atoms with Crippen molar-refractivity contribution in [1.29, 1.82) is 0 Å². The lowest BCUT2D eigenvalue weighted by molar-refractivity contribution is 0.0992. The van der Waals surface area contributed by atoms with Gasteiger partial charge in [-0.05, 0) is 13.8 Å². The summed E-state index contributed by atoms with van der Waals surface area (Å²) < 4.78 is 1.69. The SMILES string of the molecule is CCn1c(C)nc(N)c1C(N)=O. The topological polar surface area (TPSA) is 86.9 Å². The largest absolute Gasteiger partial charge is 0.382 e. The first kappa shape index (κ1) is 8.58. The Balaban J connectivity index is 3.32. The molecule has 1 amide bonds. The minimum Gasteiger partial charge on any atom is -0.382 e. The molecule has 0 unspecified atom stereocenters. The van der Waals surface area contributed by atoms with Crippen molar-refractivity contribution in [3.8, 4) is 0 Å². The van der Waals surface area contributed by atoms with E-state index in [4.69, 9.17) is 11.5 Å². The molecule has 1 heterocycles. The summed E-state index contributed by atoms with van der Waals surface area (Å²) >= 11 is 0. The van der Waals surface area contributed by atoms with Crippen LogP contribution >= 0.6 is 0 Å². The summed E-state index contributed by atoms with van der Waals surface area (Å²) in [7, 11) is 0. The third-order valence-corrected chi connectivity index (χ3v) is 1.74. The lowest BCUT2D eigenvalue weighted by Gasteiger charge is -2.02. The Morgan fingerprint density at radius 2 is 2.25 bits per heavy atom. The van der Waals surface area contributed by atoms with Crippen molar-refractivity contribution in [2.45, 2.75) is 20.4 Å². The zero-order valence-electron chi connectivity index (χ0n) is 7.16. The Hall–Kier alpha value is -1.52. The van der Waals surface area contributed by atoms with Gasteiger partial charge >= 0.3 is 0 Å².